The molecule has 0 spiro atoms. The zero-order chi connectivity index (χ0) is 7.65. The van der Waals surface area contributed by atoms with Gasteiger partial charge >= 0.3 is 21.4 Å². The minimum absolute atomic E-state index is 2.80. The SMILES string of the molecule is O=S(=O)(O)C(F)=C(F)F. The molecule has 1 N–H and O–H groups in total. The van der Waals surface area contributed by atoms with Crippen molar-refractivity contribution in [1.29, 1.82) is 0 Å². The molecule has 7 heteroatoms. The Balaban J connectivity index is 4.86. The van der Waals surface area contributed by atoms with Gasteiger partial charge in [-0.1, -0.05) is 0 Å². The Morgan fingerprint density at radius 1 is 1.22 bits per heavy atom. The molecule has 0 unspecified atom stereocenters. The molecule has 0 radical (unpaired) electrons. The molecule has 9 heavy (non-hydrogen) atoms. The Bertz CT molecular complexity index is 223. The van der Waals surface area contributed by atoms with Gasteiger partial charge in [0.2, 0.25) is 0 Å². The van der Waals surface area contributed by atoms with E-state index in [2.05, 4.69) is 0 Å². The van der Waals surface area contributed by atoms with Gasteiger partial charge in [0, 0.05) is 0 Å². The van der Waals surface area contributed by atoms with Gasteiger partial charge in [0.05, 0.1) is 0 Å². The highest BCUT2D eigenvalue weighted by atomic mass is 32.2. The summed E-state index contributed by atoms with van der Waals surface area (Å²) in [5, 5.41) is -2.80. The van der Waals surface area contributed by atoms with Crippen LogP contribution in [0.5, 0.6) is 0 Å². The first kappa shape index (κ1) is 8.44. The van der Waals surface area contributed by atoms with Crippen molar-refractivity contribution in [2.75, 3.05) is 0 Å². The van der Waals surface area contributed by atoms with Crippen LogP contribution in [-0.2, 0) is 10.1 Å². The van der Waals surface area contributed by atoms with Crippen LogP contribution in [0.3, 0.4) is 0 Å². The standard InChI is InChI=1S/C2HF3O3S/c3-1(4)2(5)9(6,7)8/h(H,6,7,8). The zero-order valence-corrected chi connectivity index (χ0v) is 4.62. The van der Waals surface area contributed by atoms with Crippen molar-refractivity contribution >= 4 is 10.1 Å². The van der Waals surface area contributed by atoms with Crippen LogP contribution in [-0.4, -0.2) is 13.0 Å². The van der Waals surface area contributed by atoms with Gasteiger partial charge in [-0.25, -0.2) is 0 Å². The molecule has 0 heterocycles. The van der Waals surface area contributed by atoms with E-state index in [-0.39, 0.29) is 0 Å². The van der Waals surface area contributed by atoms with Gasteiger partial charge < -0.3 is 0 Å². The lowest BCUT2D eigenvalue weighted by Crippen LogP contribution is -1.97. The van der Waals surface area contributed by atoms with Crippen molar-refractivity contribution in [3.8, 4) is 0 Å². The van der Waals surface area contributed by atoms with Crippen molar-refractivity contribution in [2.24, 2.45) is 0 Å². The highest BCUT2D eigenvalue weighted by Gasteiger charge is 2.19. The molecule has 0 aliphatic heterocycles. The van der Waals surface area contributed by atoms with Crippen LogP contribution in [0.15, 0.2) is 11.2 Å². The Morgan fingerprint density at radius 2 is 1.56 bits per heavy atom. The second-order valence-corrected chi connectivity index (χ2v) is 2.32. The van der Waals surface area contributed by atoms with Crippen molar-refractivity contribution < 1.29 is 26.1 Å². The third-order valence-electron chi connectivity index (χ3n) is 0.375. The van der Waals surface area contributed by atoms with E-state index in [0.717, 1.165) is 0 Å². The molecule has 54 valence electrons. The van der Waals surface area contributed by atoms with Gasteiger partial charge in [-0.05, 0) is 0 Å². The molecule has 0 aliphatic rings. The number of rotatable bonds is 1. The van der Waals surface area contributed by atoms with Crippen molar-refractivity contribution in [3.63, 3.8) is 0 Å². The van der Waals surface area contributed by atoms with Crippen LogP contribution < -0.4 is 0 Å². The maximum Gasteiger partial charge on any atom is 0.327 e. The molecule has 0 amide bonds. The fraction of sp³-hybridized carbons (Fsp3) is 0. The average molecular weight is 162 g/mol. The van der Waals surface area contributed by atoms with E-state index < -0.39 is 21.4 Å². The predicted molar refractivity (Wildman–Crippen MR) is 21.9 cm³/mol. The van der Waals surface area contributed by atoms with Crippen molar-refractivity contribution in [1.82, 2.24) is 0 Å². The monoisotopic (exact) mass is 162 g/mol. The Hall–Kier alpha value is -0.560. The fourth-order valence-corrected chi connectivity index (χ4v) is 0.292. The van der Waals surface area contributed by atoms with Crippen LogP contribution >= 0.6 is 0 Å². The second kappa shape index (κ2) is 2.36. The molecule has 0 aliphatic carbocycles. The molecule has 0 saturated heterocycles. The Morgan fingerprint density at radius 3 is 1.56 bits per heavy atom. The summed E-state index contributed by atoms with van der Waals surface area (Å²) in [5.74, 6) is 0. The first-order valence-electron chi connectivity index (χ1n) is 1.54. The van der Waals surface area contributed by atoms with Gasteiger partial charge in [-0.15, -0.1) is 0 Å². The van der Waals surface area contributed by atoms with E-state index in [0.29, 0.717) is 0 Å². The van der Waals surface area contributed by atoms with Crippen LogP contribution in [0.2, 0.25) is 0 Å². The molecule has 3 nitrogen and oxygen atoms in total. The van der Waals surface area contributed by atoms with E-state index in [1.165, 1.54) is 0 Å². The van der Waals surface area contributed by atoms with Crippen molar-refractivity contribution in [3.05, 3.63) is 11.2 Å². The lowest BCUT2D eigenvalue weighted by Gasteiger charge is -1.85. The van der Waals surface area contributed by atoms with Crippen LogP contribution in [0.4, 0.5) is 13.2 Å². The summed E-state index contributed by atoms with van der Waals surface area (Å²) in [5.41, 5.74) is 0. The fourth-order valence-electron chi connectivity index (χ4n) is 0.0975. The first-order chi connectivity index (χ1) is 3.85. The van der Waals surface area contributed by atoms with E-state index in [1.54, 1.807) is 0 Å². The number of hydrogen-bond acceptors (Lipinski definition) is 2. The molecular weight excluding hydrogens is 161 g/mol. The summed E-state index contributed by atoms with van der Waals surface area (Å²) in [6, 6.07) is 0. The summed E-state index contributed by atoms with van der Waals surface area (Å²) in [7, 11) is -5.34. The van der Waals surface area contributed by atoms with E-state index >= 15 is 0 Å². The van der Waals surface area contributed by atoms with Crippen LogP contribution in [0.1, 0.15) is 0 Å². The summed E-state index contributed by atoms with van der Waals surface area (Å²) in [6.45, 7) is 0. The maximum absolute atomic E-state index is 11.3. The molecule has 0 aromatic carbocycles. The zero-order valence-electron chi connectivity index (χ0n) is 3.81. The summed E-state index contributed by atoms with van der Waals surface area (Å²) in [6.07, 6.45) is -3.06. The molecule has 0 rings (SSSR count). The molecule has 0 bridgehead atoms. The normalized spacial score (nSPS) is 11.1. The smallest absolute Gasteiger partial charge is 0.280 e. The minimum Gasteiger partial charge on any atom is -0.280 e. The molecule has 0 saturated carbocycles. The highest BCUT2D eigenvalue weighted by Crippen LogP contribution is 2.13. The minimum atomic E-state index is -5.34. The molecule has 0 fully saturated rings. The van der Waals surface area contributed by atoms with E-state index in [4.69, 9.17) is 4.55 Å². The topological polar surface area (TPSA) is 54.4 Å². The van der Waals surface area contributed by atoms with Crippen LogP contribution in [0, 0.1) is 0 Å². The predicted octanol–water partition coefficient (Wildman–Crippen LogP) is 0.909. The first-order valence-corrected chi connectivity index (χ1v) is 2.98. The Labute approximate surface area is 48.5 Å². The Kier molecular flexibility index (Phi) is 2.21. The van der Waals surface area contributed by atoms with Gasteiger partial charge in [0.15, 0.2) is 0 Å². The van der Waals surface area contributed by atoms with Gasteiger partial charge in [0.25, 0.3) is 0 Å². The lowest BCUT2D eigenvalue weighted by atomic mass is 11.1. The summed E-state index contributed by atoms with van der Waals surface area (Å²) >= 11 is 0. The molecule has 0 aromatic rings. The summed E-state index contributed by atoms with van der Waals surface area (Å²) < 4.78 is 59.5. The van der Waals surface area contributed by atoms with E-state index in [9.17, 15) is 21.6 Å². The van der Waals surface area contributed by atoms with Gasteiger partial charge in [0.1, 0.15) is 0 Å². The van der Waals surface area contributed by atoms with Gasteiger partial charge in [-0.3, -0.25) is 4.55 Å². The number of halogens is 3. The lowest BCUT2D eigenvalue weighted by molar-refractivity contribution is 0.382. The van der Waals surface area contributed by atoms with Crippen LogP contribution in [0.25, 0.3) is 0 Å². The average Bonchev–Trinajstić information content (AvgIpc) is 1.62. The molecular formula is C2HF3O3S. The quantitative estimate of drug-likeness (QED) is 0.583. The highest BCUT2D eigenvalue weighted by molar-refractivity contribution is 7.89. The molecule has 0 aromatic heterocycles. The van der Waals surface area contributed by atoms with Gasteiger partial charge in [-0.2, -0.15) is 21.6 Å². The largest absolute Gasteiger partial charge is 0.327 e. The third kappa shape index (κ3) is 2.47. The van der Waals surface area contributed by atoms with Crippen molar-refractivity contribution in [2.45, 2.75) is 0 Å². The third-order valence-corrected chi connectivity index (χ3v) is 0.982. The number of hydrogen-bond donors (Lipinski definition) is 1. The van der Waals surface area contributed by atoms with E-state index in [1.807, 2.05) is 0 Å². The molecule has 0 atom stereocenters. The second-order valence-electron chi connectivity index (χ2n) is 1.01. The maximum atomic E-state index is 11.3. The summed E-state index contributed by atoms with van der Waals surface area (Å²) in [4.78, 5) is 0.